The molecule has 0 aromatic heterocycles. The SMILES string of the molecule is CC1CC(C)CN(C(=O)C(C)(C)CCl)C1. The number of hydrogen-bond donors (Lipinski definition) is 0. The van der Waals surface area contributed by atoms with Crippen molar-refractivity contribution in [1.29, 1.82) is 0 Å². The van der Waals surface area contributed by atoms with Crippen LogP contribution in [-0.2, 0) is 4.79 Å². The lowest BCUT2D eigenvalue weighted by molar-refractivity contribution is -0.142. The summed E-state index contributed by atoms with van der Waals surface area (Å²) >= 11 is 5.83. The molecule has 0 radical (unpaired) electrons. The van der Waals surface area contributed by atoms with Gasteiger partial charge in [-0.2, -0.15) is 0 Å². The zero-order valence-corrected chi connectivity index (χ0v) is 11.0. The van der Waals surface area contributed by atoms with E-state index in [1.54, 1.807) is 0 Å². The summed E-state index contributed by atoms with van der Waals surface area (Å²) < 4.78 is 0. The fourth-order valence-electron chi connectivity index (χ4n) is 2.31. The summed E-state index contributed by atoms with van der Waals surface area (Å²) in [4.78, 5) is 14.2. The number of carbonyl (C=O) groups excluding carboxylic acids is 1. The van der Waals surface area contributed by atoms with Gasteiger partial charge in [0.25, 0.3) is 0 Å². The lowest BCUT2D eigenvalue weighted by Gasteiger charge is -2.38. The number of halogens is 1. The quantitative estimate of drug-likeness (QED) is 0.670. The summed E-state index contributed by atoms with van der Waals surface area (Å²) in [6, 6.07) is 0. The highest BCUT2D eigenvalue weighted by Crippen LogP contribution is 2.27. The lowest BCUT2D eigenvalue weighted by Crippen LogP contribution is -2.48. The molecule has 1 aliphatic rings. The summed E-state index contributed by atoms with van der Waals surface area (Å²) in [6.45, 7) is 10.1. The van der Waals surface area contributed by atoms with E-state index >= 15 is 0 Å². The molecule has 3 heteroatoms. The largest absolute Gasteiger partial charge is 0.342 e. The van der Waals surface area contributed by atoms with Crippen molar-refractivity contribution >= 4 is 17.5 Å². The number of alkyl halides is 1. The van der Waals surface area contributed by atoms with Crippen LogP contribution in [0.25, 0.3) is 0 Å². The Morgan fingerprint density at radius 2 is 1.80 bits per heavy atom. The van der Waals surface area contributed by atoms with Gasteiger partial charge in [0.1, 0.15) is 0 Å². The first-order valence-corrected chi connectivity index (χ1v) is 6.25. The normalized spacial score (nSPS) is 27.9. The van der Waals surface area contributed by atoms with E-state index in [9.17, 15) is 4.79 Å². The van der Waals surface area contributed by atoms with Crippen LogP contribution in [0, 0.1) is 17.3 Å². The third kappa shape index (κ3) is 3.10. The molecule has 15 heavy (non-hydrogen) atoms. The number of nitrogens with zero attached hydrogens (tertiary/aromatic N) is 1. The van der Waals surface area contributed by atoms with Gasteiger partial charge >= 0.3 is 0 Å². The minimum absolute atomic E-state index is 0.205. The van der Waals surface area contributed by atoms with E-state index in [0.29, 0.717) is 17.7 Å². The molecule has 2 unspecified atom stereocenters. The highest BCUT2D eigenvalue weighted by atomic mass is 35.5. The van der Waals surface area contributed by atoms with E-state index in [0.717, 1.165) is 13.1 Å². The van der Waals surface area contributed by atoms with Crippen LogP contribution in [0.2, 0.25) is 0 Å². The van der Waals surface area contributed by atoms with Gasteiger partial charge in [-0.1, -0.05) is 13.8 Å². The molecule has 1 saturated heterocycles. The van der Waals surface area contributed by atoms with Gasteiger partial charge in [-0.25, -0.2) is 0 Å². The second-order valence-corrected chi connectivity index (χ2v) is 5.94. The number of amides is 1. The maximum Gasteiger partial charge on any atom is 0.229 e. The Kier molecular flexibility index (Phi) is 4.05. The van der Waals surface area contributed by atoms with Gasteiger partial charge < -0.3 is 4.90 Å². The topological polar surface area (TPSA) is 20.3 Å². The molecule has 2 nitrogen and oxygen atoms in total. The molecule has 0 saturated carbocycles. The predicted molar refractivity (Wildman–Crippen MR) is 64.0 cm³/mol. The number of piperidine rings is 1. The monoisotopic (exact) mass is 231 g/mol. The zero-order valence-electron chi connectivity index (χ0n) is 10.2. The number of carbonyl (C=O) groups is 1. The molecule has 0 spiro atoms. The van der Waals surface area contributed by atoms with Gasteiger partial charge in [-0.3, -0.25) is 4.79 Å². The molecule has 1 rings (SSSR count). The van der Waals surface area contributed by atoms with Crippen LogP contribution in [-0.4, -0.2) is 29.8 Å². The van der Waals surface area contributed by atoms with Crippen molar-refractivity contribution in [2.45, 2.75) is 34.1 Å². The highest BCUT2D eigenvalue weighted by molar-refractivity contribution is 6.19. The third-order valence-corrected chi connectivity index (χ3v) is 3.74. The summed E-state index contributed by atoms with van der Waals surface area (Å²) in [6.07, 6.45) is 1.23. The Balaban J connectivity index is 2.67. The van der Waals surface area contributed by atoms with Gasteiger partial charge in [0.15, 0.2) is 0 Å². The van der Waals surface area contributed by atoms with Gasteiger partial charge in [0, 0.05) is 19.0 Å². The van der Waals surface area contributed by atoms with Crippen LogP contribution in [0.1, 0.15) is 34.1 Å². The summed E-state index contributed by atoms with van der Waals surface area (Å²) in [5.41, 5.74) is -0.418. The molecule has 0 aliphatic carbocycles. The first-order valence-electron chi connectivity index (χ1n) is 5.72. The fourth-order valence-corrected chi connectivity index (χ4v) is 2.43. The Morgan fingerprint density at radius 3 is 2.20 bits per heavy atom. The molecule has 2 atom stereocenters. The van der Waals surface area contributed by atoms with Gasteiger partial charge in [-0.05, 0) is 32.1 Å². The Labute approximate surface area is 98.0 Å². The molecule has 0 aromatic rings. The molecular weight excluding hydrogens is 210 g/mol. The Morgan fingerprint density at radius 1 is 1.33 bits per heavy atom. The van der Waals surface area contributed by atoms with E-state index in [1.165, 1.54) is 6.42 Å². The van der Waals surface area contributed by atoms with E-state index < -0.39 is 5.41 Å². The number of rotatable bonds is 2. The van der Waals surface area contributed by atoms with Crippen LogP contribution < -0.4 is 0 Å². The lowest BCUT2D eigenvalue weighted by atomic mass is 9.88. The minimum Gasteiger partial charge on any atom is -0.342 e. The van der Waals surface area contributed by atoms with Crippen molar-refractivity contribution in [1.82, 2.24) is 4.90 Å². The molecule has 1 amide bonds. The van der Waals surface area contributed by atoms with Crippen molar-refractivity contribution in [3.05, 3.63) is 0 Å². The van der Waals surface area contributed by atoms with E-state index in [1.807, 2.05) is 18.7 Å². The second-order valence-electron chi connectivity index (χ2n) is 5.67. The smallest absolute Gasteiger partial charge is 0.229 e. The van der Waals surface area contributed by atoms with Crippen LogP contribution in [0.4, 0.5) is 0 Å². The predicted octanol–water partition coefficient (Wildman–Crippen LogP) is 2.76. The van der Waals surface area contributed by atoms with E-state index in [-0.39, 0.29) is 5.91 Å². The summed E-state index contributed by atoms with van der Waals surface area (Å²) in [5, 5.41) is 0. The van der Waals surface area contributed by atoms with Crippen molar-refractivity contribution < 1.29 is 4.79 Å². The Hall–Kier alpha value is -0.240. The molecule has 0 N–H and O–H groups in total. The first kappa shape index (κ1) is 12.8. The average Bonchev–Trinajstić information content (AvgIpc) is 2.15. The second kappa shape index (κ2) is 4.73. The third-order valence-electron chi connectivity index (χ3n) is 3.07. The van der Waals surface area contributed by atoms with Crippen molar-refractivity contribution in [2.24, 2.45) is 17.3 Å². The summed E-state index contributed by atoms with van der Waals surface area (Å²) in [7, 11) is 0. The molecule has 88 valence electrons. The Bertz CT molecular complexity index is 230. The molecule has 0 bridgehead atoms. The standard InChI is InChI=1S/C12H22ClNO/c1-9-5-10(2)7-14(6-9)11(15)12(3,4)8-13/h9-10H,5-8H2,1-4H3. The van der Waals surface area contributed by atoms with Crippen LogP contribution >= 0.6 is 11.6 Å². The van der Waals surface area contributed by atoms with Crippen LogP contribution in [0.15, 0.2) is 0 Å². The molecule has 1 heterocycles. The van der Waals surface area contributed by atoms with Crippen molar-refractivity contribution in [2.75, 3.05) is 19.0 Å². The maximum absolute atomic E-state index is 12.2. The summed E-state index contributed by atoms with van der Waals surface area (Å²) in [5.74, 6) is 1.83. The van der Waals surface area contributed by atoms with E-state index in [4.69, 9.17) is 11.6 Å². The van der Waals surface area contributed by atoms with E-state index in [2.05, 4.69) is 13.8 Å². The van der Waals surface area contributed by atoms with Crippen LogP contribution in [0.5, 0.6) is 0 Å². The van der Waals surface area contributed by atoms with Gasteiger partial charge in [-0.15, -0.1) is 11.6 Å². The molecule has 0 aromatic carbocycles. The fraction of sp³-hybridized carbons (Fsp3) is 0.917. The highest BCUT2D eigenvalue weighted by Gasteiger charge is 2.34. The van der Waals surface area contributed by atoms with Crippen LogP contribution in [0.3, 0.4) is 0 Å². The molecule has 1 aliphatic heterocycles. The average molecular weight is 232 g/mol. The minimum atomic E-state index is -0.418. The zero-order chi connectivity index (χ0) is 11.6. The first-order chi connectivity index (χ1) is 6.86. The van der Waals surface area contributed by atoms with Gasteiger partial charge in [0.2, 0.25) is 5.91 Å². The number of likely N-dealkylation sites (tertiary alicyclic amines) is 1. The van der Waals surface area contributed by atoms with Crippen molar-refractivity contribution in [3.8, 4) is 0 Å². The maximum atomic E-state index is 12.2. The van der Waals surface area contributed by atoms with Crippen molar-refractivity contribution in [3.63, 3.8) is 0 Å². The molecular formula is C12H22ClNO. The van der Waals surface area contributed by atoms with Gasteiger partial charge in [0.05, 0.1) is 5.41 Å². The number of hydrogen-bond acceptors (Lipinski definition) is 1. The molecule has 1 fully saturated rings.